The molecular weight excluding hydrogens is 237 g/mol. The van der Waals surface area contributed by atoms with Crippen LogP contribution < -0.4 is 0 Å². The van der Waals surface area contributed by atoms with Crippen molar-refractivity contribution in [3.8, 4) is 0 Å². The van der Waals surface area contributed by atoms with Gasteiger partial charge in [0.25, 0.3) is 0 Å². The van der Waals surface area contributed by atoms with Gasteiger partial charge in [0, 0.05) is 11.5 Å². The van der Waals surface area contributed by atoms with E-state index in [2.05, 4.69) is 10.0 Å². The smallest absolute Gasteiger partial charge is 0.186 e. The van der Waals surface area contributed by atoms with E-state index in [1.54, 1.807) is 0 Å². The fourth-order valence-electron chi connectivity index (χ4n) is 1.44. The van der Waals surface area contributed by atoms with Gasteiger partial charge in [-0.3, -0.25) is 0 Å². The van der Waals surface area contributed by atoms with Crippen molar-refractivity contribution in [2.45, 2.75) is 30.7 Å². The largest absolute Gasteiger partial charge is 0.387 e. The first-order valence-corrected chi connectivity index (χ1v) is 5.00. The molecule has 1 saturated heterocycles. The number of aliphatic hydroxyl groups is 3. The van der Waals surface area contributed by atoms with Gasteiger partial charge in [-0.2, -0.15) is 0 Å². The molecule has 8 nitrogen and oxygen atoms in total. The molecule has 1 heterocycles. The molecule has 1 aliphatic rings. The Balaban J connectivity index is 2.50. The summed E-state index contributed by atoms with van der Waals surface area (Å²) in [6.07, 6.45) is -7.05. The van der Waals surface area contributed by atoms with Crippen molar-refractivity contribution in [1.82, 2.24) is 0 Å². The second-order valence-corrected chi connectivity index (χ2v) is 3.49. The van der Waals surface area contributed by atoms with Gasteiger partial charge in [-0.25, -0.2) is 4.39 Å². The molecule has 0 amide bonds. The van der Waals surface area contributed by atoms with E-state index < -0.39 is 37.4 Å². The maximum atomic E-state index is 12.4. The Morgan fingerprint density at radius 1 is 1.29 bits per heavy atom. The van der Waals surface area contributed by atoms with E-state index in [0.29, 0.717) is 0 Å². The van der Waals surface area contributed by atoms with Gasteiger partial charge in [-0.1, -0.05) is 5.11 Å². The van der Waals surface area contributed by atoms with E-state index in [9.17, 15) is 19.7 Å². The highest BCUT2D eigenvalue weighted by molar-refractivity contribution is 4.88. The number of ether oxygens (including phenoxy) is 2. The van der Waals surface area contributed by atoms with Gasteiger partial charge >= 0.3 is 0 Å². The molecule has 0 radical (unpaired) electrons. The molecule has 5 atom stereocenters. The Labute approximate surface area is 96.2 Å². The highest BCUT2D eigenvalue weighted by Crippen LogP contribution is 2.22. The predicted octanol–water partition coefficient (Wildman–Crippen LogP) is -0.910. The Morgan fingerprint density at radius 3 is 2.59 bits per heavy atom. The third kappa shape index (κ3) is 3.50. The van der Waals surface area contributed by atoms with E-state index >= 15 is 0 Å². The number of aliphatic hydroxyl groups excluding tert-OH is 3. The molecule has 3 N–H and O–H groups in total. The summed E-state index contributed by atoms with van der Waals surface area (Å²) in [5.74, 6) is 0. The van der Waals surface area contributed by atoms with Gasteiger partial charge in [-0.15, -0.1) is 0 Å². The normalized spacial score (nSPS) is 37.5. The molecule has 0 bridgehead atoms. The Hall–Kier alpha value is -0.960. The molecule has 0 aliphatic carbocycles. The zero-order valence-corrected chi connectivity index (χ0v) is 8.89. The first-order valence-electron chi connectivity index (χ1n) is 5.00. The van der Waals surface area contributed by atoms with E-state index in [1.807, 2.05) is 0 Å². The van der Waals surface area contributed by atoms with E-state index in [0.717, 1.165) is 0 Å². The molecule has 2 unspecified atom stereocenters. The van der Waals surface area contributed by atoms with E-state index in [1.165, 1.54) is 0 Å². The summed E-state index contributed by atoms with van der Waals surface area (Å²) in [6.45, 7) is -1.04. The molecule has 0 aromatic heterocycles. The zero-order chi connectivity index (χ0) is 12.8. The lowest BCUT2D eigenvalue weighted by Gasteiger charge is -2.39. The number of nitrogens with zero attached hydrogens (tertiary/aromatic N) is 3. The minimum atomic E-state index is -1.55. The highest BCUT2D eigenvalue weighted by atomic mass is 19.1. The summed E-state index contributed by atoms with van der Waals surface area (Å²) in [4.78, 5) is 2.49. The lowest BCUT2D eigenvalue weighted by atomic mass is 10.00. The van der Waals surface area contributed by atoms with Crippen LogP contribution in [0.5, 0.6) is 0 Å². The van der Waals surface area contributed by atoms with Crippen molar-refractivity contribution < 1.29 is 29.2 Å². The molecular formula is C8H14FN3O5. The average molecular weight is 251 g/mol. The van der Waals surface area contributed by atoms with Gasteiger partial charge in [0.1, 0.15) is 31.1 Å². The SMILES string of the molecule is [N-]=[N+]=NCCO[C@@H]1OC(CF)[C@@H](O)C(O)[C@@H]1O. The molecule has 1 rings (SSSR count). The summed E-state index contributed by atoms with van der Waals surface area (Å²) < 4.78 is 22.3. The summed E-state index contributed by atoms with van der Waals surface area (Å²) in [5.41, 5.74) is 8.01. The lowest BCUT2D eigenvalue weighted by Crippen LogP contribution is -2.58. The second-order valence-electron chi connectivity index (χ2n) is 3.49. The molecule has 17 heavy (non-hydrogen) atoms. The number of rotatable bonds is 5. The van der Waals surface area contributed by atoms with Crippen LogP contribution in [0.1, 0.15) is 0 Å². The number of halogens is 1. The van der Waals surface area contributed by atoms with Crippen LogP contribution in [0.2, 0.25) is 0 Å². The van der Waals surface area contributed by atoms with Crippen LogP contribution in [-0.4, -0.2) is 65.9 Å². The topological polar surface area (TPSA) is 128 Å². The predicted molar refractivity (Wildman–Crippen MR) is 52.6 cm³/mol. The molecule has 98 valence electrons. The van der Waals surface area contributed by atoms with Gasteiger partial charge in [0.15, 0.2) is 6.29 Å². The van der Waals surface area contributed by atoms with Crippen LogP contribution in [0.3, 0.4) is 0 Å². The minimum absolute atomic E-state index is 0.0159. The molecule has 0 saturated carbocycles. The fraction of sp³-hybridized carbons (Fsp3) is 1.00. The standard InChI is InChI=1S/C8H14FN3O5/c9-3-4-5(13)6(14)7(15)8(17-4)16-2-1-11-12-10/h4-8,13-15H,1-3H2/t4?,5-,6?,7+,8-/m1/s1. The number of hydrogen-bond acceptors (Lipinski definition) is 6. The first-order chi connectivity index (χ1) is 8.11. The Morgan fingerprint density at radius 2 is 2.00 bits per heavy atom. The fourth-order valence-corrected chi connectivity index (χ4v) is 1.44. The zero-order valence-electron chi connectivity index (χ0n) is 8.89. The van der Waals surface area contributed by atoms with Crippen molar-refractivity contribution in [2.75, 3.05) is 19.8 Å². The van der Waals surface area contributed by atoms with E-state index in [4.69, 9.17) is 15.0 Å². The van der Waals surface area contributed by atoms with Crippen LogP contribution in [0, 0.1) is 0 Å². The number of azide groups is 1. The third-order valence-corrected chi connectivity index (χ3v) is 2.36. The van der Waals surface area contributed by atoms with Gasteiger partial charge < -0.3 is 24.8 Å². The minimum Gasteiger partial charge on any atom is -0.387 e. The van der Waals surface area contributed by atoms with Crippen LogP contribution in [-0.2, 0) is 9.47 Å². The van der Waals surface area contributed by atoms with Crippen LogP contribution in [0.25, 0.3) is 10.4 Å². The maximum Gasteiger partial charge on any atom is 0.186 e. The monoisotopic (exact) mass is 251 g/mol. The van der Waals surface area contributed by atoms with Crippen molar-refractivity contribution in [2.24, 2.45) is 5.11 Å². The summed E-state index contributed by atoms with van der Waals surface area (Å²) >= 11 is 0. The van der Waals surface area contributed by atoms with Crippen LogP contribution in [0.4, 0.5) is 4.39 Å². The molecule has 0 spiro atoms. The molecule has 1 aliphatic heterocycles. The van der Waals surface area contributed by atoms with Crippen molar-refractivity contribution in [1.29, 1.82) is 0 Å². The van der Waals surface area contributed by atoms with Crippen LogP contribution >= 0.6 is 0 Å². The quantitative estimate of drug-likeness (QED) is 0.252. The molecule has 1 fully saturated rings. The lowest BCUT2D eigenvalue weighted by molar-refractivity contribution is -0.297. The Kier molecular flexibility index (Phi) is 5.56. The van der Waals surface area contributed by atoms with Gasteiger partial charge in [-0.05, 0) is 5.53 Å². The summed E-state index contributed by atoms with van der Waals surface area (Å²) in [5, 5.41) is 31.4. The molecule has 0 aromatic carbocycles. The molecule has 9 heteroatoms. The van der Waals surface area contributed by atoms with Crippen LogP contribution in [0.15, 0.2) is 5.11 Å². The van der Waals surface area contributed by atoms with Crippen molar-refractivity contribution in [3.05, 3.63) is 10.4 Å². The number of alkyl halides is 1. The highest BCUT2D eigenvalue weighted by Gasteiger charge is 2.44. The first kappa shape index (κ1) is 14.1. The molecule has 0 aromatic rings. The second kappa shape index (κ2) is 6.70. The van der Waals surface area contributed by atoms with E-state index in [-0.39, 0.29) is 13.2 Å². The van der Waals surface area contributed by atoms with Crippen molar-refractivity contribution in [3.63, 3.8) is 0 Å². The number of hydrogen-bond donors (Lipinski definition) is 3. The average Bonchev–Trinajstić information content (AvgIpc) is 2.34. The van der Waals surface area contributed by atoms with Gasteiger partial charge in [0.05, 0.1) is 6.61 Å². The summed E-state index contributed by atoms with van der Waals surface area (Å²) in [6, 6.07) is 0. The van der Waals surface area contributed by atoms with Gasteiger partial charge in [0.2, 0.25) is 0 Å². The summed E-state index contributed by atoms with van der Waals surface area (Å²) in [7, 11) is 0. The maximum absolute atomic E-state index is 12.4. The van der Waals surface area contributed by atoms with Crippen molar-refractivity contribution >= 4 is 0 Å². The Bertz CT molecular complexity index is 286. The third-order valence-electron chi connectivity index (χ3n) is 2.36.